The quantitative estimate of drug-likeness (QED) is 0.210. The van der Waals surface area contributed by atoms with Crippen molar-refractivity contribution in [2.24, 2.45) is 0 Å². The third kappa shape index (κ3) is 9.97. The van der Waals surface area contributed by atoms with Crippen molar-refractivity contribution < 1.29 is 14.0 Å². The lowest BCUT2D eigenvalue weighted by molar-refractivity contribution is -0.138. The standard InChI is InChI=1S/C30H40FN7O2/c1-4-17-32-28-23(22-34-30(36-28)35-25-14-10-13-24(31)21-25)12-6-5-8-18-33-29(40)26-15-7-9-20-38(26)27(39)16-11-19-37(2)3/h10-11,13-14,16,21-22,26H,4-5,7-9,15,17-20H2,1-3H3,(H,33,40)(H2,32,34,35,36)/t26-/m0/s1. The highest BCUT2D eigenvalue weighted by molar-refractivity contribution is 5.93. The SMILES string of the molecule is CCCNc1nc(Nc2cccc(F)c2)ncc1C#CCCCNC(=O)[C@@H]1CCCCN1C(=O)C=CCN(C)C. The van der Waals surface area contributed by atoms with Crippen LogP contribution in [0.1, 0.15) is 51.0 Å². The summed E-state index contributed by atoms with van der Waals surface area (Å²) in [6, 6.07) is 5.68. The molecule has 0 radical (unpaired) electrons. The summed E-state index contributed by atoms with van der Waals surface area (Å²) in [6.07, 6.45) is 9.73. The maximum atomic E-state index is 13.5. The van der Waals surface area contributed by atoms with Crippen LogP contribution >= 0.6 is 0 Å². The second-order valence-corrected chi connectivity index (χ2v) is 9.92. The minimum Gasteiger partial charge on any atom is -0.369 e. The van der Waals surface area contributed by atoms with Crippen LogP contribution in [0.4, 0.5) is 21.8 Å². The van der Waals surface area contributed by atoms with Gasteiger partial charge in [0, 0.05) is 44.4 Å². The lowest BCUT2D eigenvalue weighted by Gasteiger charge is -2.34. The van der Waals surface area contributed by atoms with Crippen LogP contribution in [-0.2, 0) is 9.59 Å². The summed E-state index contributed by atoms with van der Waals surface area (Å²) in [5, 5.41) is 9.26. The number of halogens is 1. The van der Waals surface area contributed by atoms with Gasteiger partial charge in [-0.1, -0.05) is 30.9 Å². The van der Waals surface area contributed by atoms with Crippen LogP contribution in [0.15, 0.2) is 42.6 Å². The Morgan fingerprint density at radius 3 is 2.88 bits per heavy atom. The van der Waals surface area contributed by atoms with Gasteiger partial charge >= 0.3 is 0 Å². The number of carbonyl (C=O) groups excluding carboxylic acids is 2. The summed E-state index contributed by atoms with van der Waals surface area (Å²) in [5.41, 5.74) is 1.23. The van der Waals surface area contributed by atoms with Gasteiger partial charge in [0.1, 0.15) is 17.7 Å². The van der Waals surface area contributed by atoms with Gasteiger partial charge in [0.05, 0.1) is 11.8 Å². The smallest absolute Gasteiger partial charge is 0.246 e. The van der Waals surface area contributed by atoms with Crippen molar-refractivity contribution in [2.45, 2.75) is 51.5 Å². The predicted octanol–water partition coefficient (Wildman–Crippen LogP) is 3.93. The highest BCUT2D eigenvalue weighted by Crippen LogP contribution is 2.19. The van der Waals surface area contributed by atoms with Crippen molar-refractivity contribution in [1.29, 1.82) is 0 Å². The van der Waals surface area contributed by atoms with Gasteiger partial charge in [-0.05, 0) is 64.4 Å². The van der Waals surface area contributed by atoms with E-state index in [1.807, 2.05) is 25.1 Å². The second-order valence-electron chi connectivity index (χ2n) is 9.92. The molecule has 10 heteroatoms. The van der Waals surface area contributed by atoms with Gasteiger partial charge in [-0.15, -0.1) is 0 Å². The fraction of sp³-hybridized carbons (Fsp3) is 0.467. The number of hydrogen-bond acceptors (Lipinski definition) is 7. The third-order valence-corrected chi connectivity index (χ3v) is 6.23. The zero-order valence-corrected chi connectivity index (χ0v) is 23.7. The zero-order valence-electron chi connectivity index (χ0n) is 23.7. The summed E-state index contributed by atoms with van der Waals surface area (Å²) in [7, 11) is 3.88. The number of piperidine rings is 1. The molecule has 0 spiro atoms. The van der Waals surface area contributed by atoms with Crippen molar-refractivity contribution in [1.82, 2.24) is 25.1 Å². The first-order valence-electron chi connectivity index (χ1n) is 13.9. The Morgan fingerprint density at radius 1 is 1.25 bits per heavy atom. The van der Waals surface area contributed by atoms with Crippen molar-refractivity contribution >= 4 is 29.3 Å². The van der Waals surface area contributed by atoms with Gasteiger partial charge in [-0.3, -0.25) is 9.59 Å². The van der Waals surface area contributed by atoms with Crippen LogP contribution in [0.5, 0.6) is 0 Å². The number of carbonyl (C=O) groups is 2. The minimum absolute atomic E-state index is 0.108. The number of anilines is 3. The number of likely N-dealkylation sites (N-methyl/N-ethyl adjacent to an activating group) is 1. The van der Waals surface area contributed by atoms with Gasteiger partial charge in [-0.2, -0.15) is 4.98 Å². The average molecular weight is 550 g/mol. The van der Waals surface area contributed by atoms with E-state index in [1.54, 1.807) is 29.3 Å². The van der Waals surface area contributed by atoms with Gasteiger partial charge in [0.15, 0.2) is 0 Å². The largest absolute Gasteiger partial charge is 0.369 e. The third-order valence-electron chi connectivity index (χ3n) is 6.23. The van der Waals surface area contributed by atoms with Crippen LogP contribution in [0, 0.1) is 17.7 Å². The fourth-order valence-electron chi connectivity index (χ4n) is 4.20. The summed E-state index contributed by atoms with van der Waals surface area (Å²) < 4.78 is 13.5. The number of benzene rings is 1. The number of rotatable bonds is 12. The molecule has 0 bridgehead atoms. The molecule has 0 unspecified atom stereocenters. The molecular formula is C30H40FN7O2. The van der Waals surface area contributed by atoms with Gasteiger partial charge < -0.3 is 25.8 Å². The zero-order chi connectivity index (χ0) is 28.7. The Kier molecular flexibility index (Phi) is 12.4. The lowest BCUT2D eigenvalue weighted by Crippen LogP contribution is -2.51. The fourth-order valence-corrected chi connectivity index (χ4v) is 4.20. The number of hydrogen-bond donors (Lipinski definition) is 3. The molecule has 1 saturated heterocycles. The molecule has 1 aliphatic heterocycles. The number of aromatic nitrogens is 2. The number of likely N-dealkylation sites (tertiary alicyclic amines) is 1. The van der Waals surface area contributed by atoms with E-state index in [0.29, 0.717) is 61.9 Å². The van der Waals surface area contributed by atoms with Crippen LogP contribution in [0.25, 0.3) is 0 Å². The molecule has 3 rings (SSSR count). The van der Waals surface area contributed by atoms with Crippen molar-refractivity contribution in [3.8, 4) is 11.8 Å². The Morgan fingerprint density at radius 2 is 2.10 bits per heavy atom. The van der Waals surface area contributed by atoms with Gasteiger partial charge in [-0.25, -0.2) is 9.37 Å². The van der Waals surface area contributed by atoms with E-state index in [9.17, 15) is 14.0 Å². The van der Waals surface area contributed by atoms with Crippen LogP contribution in [0.3, 0.4) is 0 Å². The van der Waals surface area contributed by atoms with Crippen molar-refractivity contribution in [3.05, 3.63) is 54.0 Å². The first-order chi connectivity index (χ1) is 19.4. The summed E-state index contributed by atoms with van der Waals surface area (Å²) >= 11 is 0. The molecule has 40 heavy (non-hydrogen) atoms. The highest BCUT2D eigenvalue weighted by Gasteiger charge is 2.30. The summed E-state index contributed by atoms with van der Waals surface area (Å²) in [6.45, 7) is 4.54. The molecule has 2 aromatic rings. The Balaban J connectivity index is 1.51. The van der Waals surface area contributed by atoms with Crippen LogP contribution in [0.2, 0.25) is 0 Å². The van der Waals surface area contributed by atoms with Crippen molar-refractivity contribution in [2.75, 3.05) is 50.9 Å². The lowest BCUT2D eigenvalue weighted by atomic mass is 10.0. The minimum atomic E-state index is -0.430. The molecule has 9 nitrogen and oxygen atoms in total. The Labute approximate surface area is 236 Å². The Bertz CT molecular complexity index is 1220. The predicted molar refractivity (Wildman–Crippen MR) is 157 cm³/mol. The summed E-state index contributed by atoms with van der Waals surface area (Å²) in [5.74, 6) is 6.66. The molecule has 0 aliphatic carbocycles. The normalized spacial score (nSPS) is 15.0. The van der Waals surface area contributed by atoms with E-state index in [0.717, 1.165) is 25.8 Å². The topological polar surface area (TPSA) is 102 Å². The molecular weight excluding hydrogens is 509 g/mol. The molecule has 214 valence electrons. The number of nitrogens with one attached hydrogen (secondary N) is 3. The monoisotopic (exact) mass is 549 g/mol. The van der Waals surface area contributed by atoms with E-state index in [2.05, 4.69) is 44.7 Å². The molecule has 1 atom stereocenters. The van der Waals surface area contributed by atoms with Crippen LogP contribution in [-0.4, -0.2) is 77.9 Å². The van der Waals surface area contributed by atoms with E-state index in [4.69, 9.17) is 0 Å². The molecule has 1 aromatic carbocycles. The number of unbranched alkanes of at least 4 members (excludes halogenated alkanes) is 1. The summed E-state index contributed by atoms with van der Waals surface area (Å²) in [4.78, 5) is 38.0. The van der Waals surface area contributed by atoms with E-state index >= 15 is 0 Å². The van der Waals surface area contributed by atoms with Crippen LogP contribution < -0.4 is 16.0 Å². The average Bonchev–Trinajstić information content (AvgIpc) is 2.94. The van der Waals surface area contributed by atoms with E-state index in [-0.39, 0.29) is 17.6 Å². The molecule has 0 saturated carbocycles. The van der Waals surface area contributed by atoms with Gasteiger partial charge in [0.2, 0.25) is 17.8 Å². The first kappa shape index (κ1) is 30.6. The van der Waals surface area contributed by atoms with Gasteiger partial charge in [0.25, 0.3) is 0 Å². The van der Waals surface area contributed by atoms with E-state index < -0.39 is 6.04 Å². The second kappa shape index (κ2) is 16.2. The molecule has 2 amide bonds. The molecule has 1 aliphatic rings. The van der Waals surface area contributed by atoms with Crippen molar-refractivity contribution in [3.63, 3.8) is 0 Å². The maximum absolute atomic E-state index is 13.5. The molecule has 1 fully saturated rings. The number of nitrogens with zero attached hydrogens (tertiary/aromatic N) is 4. The van der Waals surface area contributed by atoms with E-state index in [1.165, 1.54) is 12.1 Å². The maximum Gasteiger partial charge on any atom is 0.246 e. The first-order valence-corrected chi connectivity index (χ1v) is 13.9. The highest BCUT2D eigenvalue weighted by atomic mass is 19.1. The molecule has 2 heterocycles. The number of amides is 2. The molecule has 3 N–H and O–H groups in total. The Hall–Kier alpha value is -3.97. The molecule has 1 aromatic heterocycles.